The van der Waals surface area contributed by atoms with Crippen LogP contribution in [-0.2, 0) is 0 Å². The number of thiocarbonyl (C=S) groups is 1. The summed E-state index contributed by atoms with van der Waals surface area (Å²) in [7, 11) is 1.56. The van der Waals surface area contributed by atoms with Gasteiger partial charge in [0.2, 0.25) is 0 Å². The van der Waals surface area contributed by atoms with E-state index in [0.29, 0.717) is 4.32 Å². The molecule has 26 valence electrons. The SMILES string of the molecule is NC(=S)[S][Tl]. The molecule has 0 aliphatic carbocycles. The van der Waals surface area contributed by atoms with Gasteiger partial charge in [0.15, 0.2) is 0 Å². The van der Waals surface area contributed by atoms with Crippen LogP contribution in [0.3, 0.4) is 0 Å². The van der Waals surface area contributed by atoms with Crippen LogP contribution in [0.2, 0.25) is 0 Å². The maximum atomic E-state index is 5.03. The third-order valence-corrected chi connectivity index (χ3v) is 5.59. The van der Waals surface area contributed by atoms with E-state index in [4.69, 9.17) is 5.73 Å². The van der Waals surface area contributed by atoms with Crippen LogP contribution in [-0.4, -0.2) is 28.6 Å². The Bertz CT molecular complexity index is 44.9. The standard InChI is InChI=1S/CH3NS2.Tl/c2-1(3)4;/h(H3,2,3,4);/q;+1/p-1. The summed E-state index contributed by atoms with van der Waals surface area (Å²) in [5.74, 6) is 0. The van der Waals surface area contributed by atoms with E-state index in [1.54, 1.807) is 8.31 Å². The molecular formula is CH2NS2Tl. The van der Waals surface area contributed by atoms with Crippen LogP contribution in [0.4, 0.5) is 0 Å². The van der Waals surface area contributed by atoms with Crippen LogP contribution in [0.5, 0.6) is 0 Å². The summed E-state index contributed by atoms with van der Waals surface area (Å²) >= 11 is 5.34. The average Bonchev–Trinajstić information content (AvgIpc) is 1.38. The molecule has 4 heteroatoms. The van der Waals surface area contributed by atoms with Crippen molar-refractivity contribution in [3.63, 3.8) is 0 Å². The van der Waals surface area contributed by atoms with E-state index >= 15 is 0 Å². The Morgan fingerprint density at radius 2 is 2.20 bits per heavy atom. The molecule has 0 saturated heterocycles. The average molecular weight is 297 g/mol. The van der Waals surface area contributed by atoms with Crippen LogP contribution in [0.15, 0.2) is 0 Å². The zero-order valence-corrected chi connectivity index (χ0v) is 8.59. The molecule has 0 bridgehead atoms. The monoisotopic (exact) mass is 297 g/mol. The van der Waals surface area contributed by atoms with E-state index < -0.39 is 0 Å². The fourth-order valence-corrected chi connectivity index (χ4v) is 0. The summed E-state index contributed by atoms with van der Waals surface area (Å²) in [4.78, 5) is 0. The molecule has 2 N–H and O–H groups in total. The second kappa shape index (κ2) is 3.36. The van der Waals surface area contributed by atoms with E-state index in [9.17, 15) is 0 Å². The summed E-state index contributed by atoms with van der Waals surface area (Å²) in [5.41, 5.74) is 5.03. The van der Waals surface area contributed by atoms with Crippen molar-refractivity contribution in [3.8, 4) is 0 Å². The third-order valence-electron chi connectivity index (χ3n) is 0.116. The van der Waals surface area contributed by atoms with Crippen molar-refractivity contribution in [2.24, 2.45) is 5.73 Å². The summed E-state index contributed by atoms with van der Waals surface area (Å²) in [6.45, 7) is 0. The van der Waals surface area contributed by atoms with Crippen molar-refractivity contribution >= 4 is 49.1 Å². The van der Waals surface area contributed by atoms with Crippen LogP contribution >= 0.6 is 20.5 Å². The van der Waals surface area contributed by atoms with E-state index in [1.807, 2.05) is 0 Å². The number of hydrogen-bond acceptors (Lipinski definition) is 2. The number of nitrogens with two attached hydrogens (primary N) is 1. The van der Waals surface area contributed by atoms with Crippen molar-refractivity contribution in [1.29, 1.82) is 0 Å². The molecule has 0 rings (SSSR count). The minimum absolute atomic E-state index is 0.579. The van der Waals surface area contributed by atoms with Crippen molar-refractivity contribution in [2.75, 3.05) is 0 Å². The minimum atomic E-state index is 0.579. The molecule has 0 atom stereocenters. The third kappa shape index (κ3) is 5.16. The van der Waals surface area contributed by atoms with Crippen LogP contribution in [0.25, 0.3) is 0 Å². The van der Waals surface area contributed by atoms with Crippen molar-refractivity contribution in [1.82, 2.24) is 0 Å². The predicted octanol–water partition coefficient (Wildman–Crippen LogP) is 0.0467. The van der Waals surface area contributed by atoms with Crippen molar-refractivity contribution in [2.45, 2.75) is 0 Å². The normalized spacial score (nSPS) is 7.00. The van der Waals surface area contributed by atoms with E-state index in [-0.39, 0.29) is 0 Å². The van der Waals surface area contributed by atoms with Gasteiger partial charge in [0.1, 0.15) is 0 Å². The Morgan fingerprint density at radius 3 is 2.20 bits per heavy atom. The first kappa shape index (κ1) is 6.16. The summed E-state index contributed by atoms with van der Waals surface area (Å²) < 4.78 is 0.579. The van der Waals surface area contributed by atoms with E-state index in [2.05, 4.69) is 12.2 Å². The van der Waals surface area contributed by atoms with Gasteiger partial charge in [-0.05, 0) is 0 Å². The number of rotatable bonds is 0. The van der Waals surface area contributed by atoms with Crippen LogP contribution < -0.4 is 5.73 Å². The first-order valence-electron chi connectivity index (χ1n) is 0.933. The molecule has 0 aromatic carbocycles. The Balaban J connectivity index is 2.85. The molecule has 0 amide bonds. The second-order valence-electron chi connectivity index (χ2n) is 0.437. The molecule has 0 aliphatic heterocycles. The van der Waals surface area contributed by atoms with Crippen LogP contribution in [0, 0.1) is 0 Å². The van der Waals surface area contributed by atoms with Gasteiger partial charge < -0.3 is 0 Å². The van der Waals surface area contributed by atoms with Gasteiger partial charge in [0.25, 0.3) is 0 Å². The quantitative estimate of drug-likeness (QED) is 0.505. The number of hydrogen-bond donors (Lipinski definition) is 1. The fourth-order valence-electron chi connectivity index (χ4n) is 0. The molecule has 0 aromatic heterocycles. The van der Waals surface area contributed by atoms with Gasteiger partial charge in [0, 0.05) is 0 Å². The molecule has 0 aromatic rings. The molecule has 0 fully saturated rings. The Morgan fingerprint density at radius 1 is 2.00 bits per heavy atom. The van der Waals surface area contributed by atoms with Crippen molar-refractivity contribution < 1.29 is 0 Å². The van der Waals surface area contributed by atoms with Gasteiger partial charge >= 0.3 is 54.8 Å². The Labute approximate surface area is 54.5 Å². The molecule has 0 radical (unpaired) electrons. The molecular weight excluding hydrogens is 295 g/mol. The molecule has 0 saturated carbocycles. The van der Waals surface area contributed by atoms with Gasteiger partial charge in [0.05, 0.1) is 0 Å². The topological polar surface area (TPSA) is 26.0 Å². The van der Waals surface area contributed by atoms with Gasteiger partial charge in [-0.15, -0.1) is 0 Å². The van der Waals surface area contributed by atoms with Gasteiger partial charge in [-0.1, -0.05) is 0 Å². The van der Waals surface area contributed by atoms with E-state index in [0.717, 1.165) is 24.3 Å². The molecule has 0 aliphatic rings. The fraction of sp³-hybridized carbons (Fsp3) is 0. The molecule has 0 spiro atoms. The van der Waals surface area contributed by atoms with Gasteiger partial charge in [-0.3, -0.25) is 0 Å². The first-order chi connectivity index (χ1) is 2.27. The van der Waals surface area contributed by atoms with Crippen LogP contribution in [0.1, 0.15) is 0 Å². The zero-order chi connectivity index (χ0) is 4.28. The molecule has 5 heavy (non-hydrogen) atoms. The Kier molecular flexibility index (Phi) is 4.14. The summed E-state index contributed by atoms with van der Waals surface area (Å²) in [6.07, 6.45) is 0. The molecule has 0 heterocycles. The van der Waals surface area contributed by atoms with Gasteiger partial charge in [-0.2, -0.15) is 0 Å². The summed E-state index contributed by atoms with van der Waals surface area (Å²) in [6, 6.07) is 0. The Hall–Kier alpha value is 1.16. The second-order valence-corrected chi connectivity index (χ2v) is 4.56. The molecule has 1 nitrogen and oxygen atoms in total. The summed E-state index contributed by atoms with van der Waals surface area (Å²) in [5, 5.41) is 0. The van der Waals surface area contributed by atoms with Gasteiger partial charge in [-0.25, -0.2) is 0 Å². The van der Waals surface area contributed by atoms with E-state index in [1.165, 1.54) is 0 Å². The maximum absolute atomic E-state index is 5.03. The van der Waals surface area contributed by atoms with Crippen molar-refractivity contribution in [3.05, 3.63) is 0 Å². The molecule has 0 unspecified atom stereocenters. The zero-order valence-electron chi connectivity index (χ0n) is 2.47. The first-order valence-corrected chi connectivity index (χ1v) is 7.72. The predicted molar refractivity (Wildman–Crippen MR) is 30.1 cm³/mol.